The van der Waals surface area contributed by atoms with Crippen molar-refractivity contribution in [1.29, 1.82) is 0 Å². The molecule has 7 heteroatoms. The smallest absolute Gasteiger partial charge is 0.222 e. The van der Waals surface area contributed by atoms with Crippen molar-refractivity contribution >= 4 is 11.7 Å². The molecule has 26 heavy (non-hydrogen) atoms. The van der Waals surface area contributed by atoms with E-state index in [1.54, 1.807) is 6.33 Å². The van der Waals surface area contributed by atoms with Crippen LogP contribution in [0.15, 0.2) is 24.8 Å². The molecule has 1 spiro atoms. The lowest BCUT2D eigenvalue weighted by Crippen LogP contribution is -2.54. The Morgan fingerprint density at radius 1 is 1.31 bits per heavy atom. The topological polar surface area (TPSA) is 78.0 Å². The van der Waals surface area contributed by atoms with Crippen LogP contribution >= 0.6 is 0 Å². The summed E-state index contributed by atoms with van der Waals surface area (Å²) >= 11 is 0. The fourth-order valence-corrected chi connectivity index (χ4v) is 4.34. The summed E-state index contributed by atoms with van der Waals surface area (Å²) in [7, 11) is 0. The molecule has 2 saturated heterocycles. The third-order valence-electron chi connectivity index (χ3n) is 5.70. The van der Waals surface area contributed by atoms with Crippen molar-refractivity contribution in [3.63, 3.8) is 0 Å². The molecule has 0 aromatic carbocycles. The Balaban J connectivity index is 1.45. The highest BCUT2D eigenvalue weighted by Gasteiger charge is 2.41. The fraction of sp³-hybridized carbons (Fsp3) is 0.579. The van der Waals surface area contributed by atoms with Gasteiger partial charge in [-0.3, -0.25) is 4.79 Å². The number of piperidine rings is 2. The molecule has 138 valence electrons. The van der Waals surface area contributed by atoms with Crippen LogP contribution in [0.3, 0.4) is 0 Å². The minimum Gasteiger partial charge on any atom is -0.356 e. The minimum atomic E-state index is 0.180. The first-order valence-electron chi connectivity index (χ1n) is 9.43. The number of aryl methyl sites for hydroxylation is 1. The highest BCUT2D eigenvalue weighted by molar-refractivity contribution is 5.77. The van der Waals surface area contributed by atoms with E-state index in [4.69, 9.17) is 0 Å². The molecule has 4 heterocycles. The van der Waals surface area contributed by atoms with Crippen LogP contribution in [0.2, 0.25) is 0 Å². The zero-order valence-electron chi connectivity index (χ0n) is 15.3. The molecule has 0 aliphatic carbocycles. The number of hydrogen-bond acceptors (Lipinski definition) is 5. The second-order valence-corrected chi connectivity index (χ2v) is 7.63. The third-order valence-corrected chi connectivity index (χ3v) is 5.70. The number of anilines is 1. The number of imidazole rings is 1. The van der Waals surface area contributed by atoms with E-state index in [9.17, 15) is 4.79 Å². The maximum atomic E-state index is 12.4. The molecule has 4 rings (SSSR count). The molecule has 2 aliphatic heterocycles. The standard InChI is InChI=1S/C19H26N6O/c1-15-21-8-4-17(23-15)24-9-2-6-19(12-24)7-3-18(26)25(13-19)10-5-16-11-20-14-22-16/h4,8,11,14H,2-3,5-7,9-10,12-13H2,1H3,(H,20,22)/t19-/m0/s1. The van der Waals surface area contributed by atoms with Crippen molar-refractivity contribution in [2.24, 2.45) is 5.41 Å². The van der Waals surface area contributed by atoms with Gasteiger partial charge in [0.2, 0.25) is 5.91 Å². The maximum Gasteiger partial charge on any atom is 0.222 e. The summed E-state index contributed by atoms with van der Waals surface area (Å²) in [6.07, 6.45) is 10.2. The van der Waals surface area contributed by atoms with Gasteiger partial charge in [-0.15, -0.1) is 0 Å². The van der Waals surface area contributed by atoms with Crippen molar-refractivity contribution < 1.29 is 4.79 Å². The number of rotatable bonds is 4. The number of likely N-dealkylation sites (tertiary alicyclic amines) is 1. The molecule has 1 amide bonds. The van der Waals surface area contributed by atoms with Gasteiger partial charge in [0.1, 0.15) is 11.6 Å². The van der Waals surface area contributed by atoms with Crippen LogP contribution in [0.1, 0.15) is 37.2 Å². The average Bonchev–Trinajstić information content (AvgIpc) is 3.17. The highest BCUT2D eigenvalue weighted by Crippen LogP contribution is 2.39. The van der Waals surface area contributed by atoms with Gasteiger partial charge in [0, 0.05) is 62.5 Å². The minimum absolute atomic E-state index is 0.180. The summed E-state index contributed by atoms with van der Waals surface area (Å²) in [6, 6.07) is 2.00. The molecule has 2 aromatic rings. The molecule has 0 radical (unpaired) electrons. The van der Waals surface area contributed by atoms with E-state index in [-0.39, 0.29) is 11.3 Å². The highest BCUT2D eigenvalue weighted by atomic mass is 16.2. The number of aromatic amines is 1. The summed E-state index contributed by atoms with van der Waals surface area (Å²) in [4.78, 5) is 32.9. The third kappa shape index (κ3) is 3.57. The van der Waals surface area contributed by atoms with E-state index in [0.717, 1.165) is 62.8 Å². The van der Waals surface area contributed by atoms with Crippen molar-refractivity contribution in [2.45, 2.75) is 39.0 Å². The van der Waals surface area contributed by atoms with Gasteiger partial charge < -0.3 is 14.8 Å². The van der Waals surface area contributed by atoms with Crippen molar-refractivity contribution in [3.8, 4) is 0 Å². The monoisotopic (exact) mass is 354 g/mol. The van der Waals surface area contributed by atoms with Crippen LogP contribution in [0.4, 0.5) is 5.82 Å². The molecular formula is C19H26N6O. The Bertz CT molecular complexity index is 761. The van der Waals surface area contributed by atoms with E-state index in [2.05, 4.69) is 29.7 Å². The van der Waals surface area contributed by atoms with Gasteiger partial charge in [0.15, 0.2) is 0 Å². The van der Waals surface area contributed by atoms with E-state index in [0.29, 0.717) is 6.42 Å². The first-order valence-corrected chi connectivity index (χ1v) is 9.43. The molecule has 1 atom stereocenters. The normalized spacial score (nSPS) is 23.7. The molecule has 0 unspecified atom stereocenters. The largest absolute Gasteiger partial charge is 0.356 e. The number of amides is 1. The van der Waals surface area contributed by atoms with E-state index >= 15 is 0 Å². The Morgan fingerprint density at radius 2 is 2.23 bits per heavy atom. The average molecular weight is 354 g/mol. The molecular weight excluding hydrogens is 328 g/mol. The van der Waals surface area contributed by atoms with Gasteiger partial charge in [-0.25, -0.2) is 15.0 Å². The van der Waals surface area contributed by atoms with Crippen molar-refractivity contribution in [1.82, 2.24) is 24.8 Å². The Morgan fingerprint density at radius 3 is 3.04 bits per heavy atom. The number of H-pyrrole nitrogens is 1. The molecule has 2 aliphatic rings. The van der Waals surface area contributed by atoms with E-state index < -0.39 is 0 Å². The lowest BCUT2D eigenvalue weighted by Gasteiger charge is -2.48. The molecule has 0 saturated carbocycles. The second kappa shape index (κ2) is 7.05. The predicted octanol–water partition coefficient (Wildman–Crippen LogP) is 1.96. The van der Waals surface area contributed by atoms with E-state index in [1.165, 1.54) is 6.42 Å². The number of hydrogen-bond donors (Lipinski definition) is 1. The maximum absolute atomic E-state index is 12.4. The summed E-state index contributed by atoms with van der Waals surface area (Å²) in [5.41, 5.74) is 1.26. The quantitative estimate of drug-likeness (QED) is 0.908. The van der Waals surface area contributed by atoms with Crippen LogP contribution in [0.5, 0.6) is 0 Å². The van der Waals surface area contributed by atoms with E-state index in [1.807, 2.05) is 25.4 Å². The van der Waals surface area contributed by atoms with Gasteiger partial charge in [-0.1, -0.05) is 0 Å². The number of carbonyl (C=O) groups is 1. The summed E-state index contributed by atoms with van der Waals surface area (Å²) in [6.45, 7) is 5.53. The summed E-state index contributed by atoms with van der Waals surface area (Å²) in [5, 5.41) is 0. The SMILES string of the molecule is Cc1nccc(N2CCC[C@]3(CCC(=O)N(CCc4cnc[nH]4)C3)C2)n1. The Kier molecular flexibility index (Phi) is 4.61. The molecule has 2 aromatic heterocycles. The second-order valence-electron chi connectivity index (χ2n) is 7.63. The zero-order chi connectivity index (χ0) is 18.0. The first kappa shape index (κ1) is 17.0. The van der Waals surface area contributed by atoms with Crippen LogP contribution in [-0.4, -0.2) is 56.9 Å². The Hall–Kier alpha value is -2.44. The zero-order valence-corrected chi connectivity index (χ0v) is 15.3. The number of carbonyl (C=O) groups excluding carboxylic acids is 1. The van der Waals surface area contributed by atoms with Gasteiger partial charge in [0.25, 0.3) is 0 Å². The lowest BCUT2D eigenvalue weighted by molar-refractivity contribution is -0.137. The number of nitrogens with zero attached hydrogens (tertiary/aromatic N) is 5. The molecule has 7 nitrogen and oxygen atoms in total. The van der Waals surface area contributed by atoms with Gasteiger partial charge >= 0.3 is 0 Å². The van der Waals surface area contributed by atoms with Crippen LogP contribution in [0, 0.1) is 12.3 Å². The molecule has 1 N–H and O–H groups in total. The van der Waals surface area contributed by atoms with Crippen molar-refractivity contribution in [2.75, 3.05) is 31.1 Å². The van der Waals surface area contributed by atoms with Crippen LogP contribution in [0.25, 0.3) is 0 Å². The lowest BCUT2D eigenvalue weighted by atomic mass is 9.73. The van der Waals surface area contributed by atoms with Gasteiger partial charge in [-0.05, 0) is 32.3 Å². The Labute approximate surface area is 153 Å². The first-order chi connectivity index (χ1) is 12.6. The molecule has 0 bridgehead atoms. The van der Waals surface area contributed by atoms with Crippen LogP contribution < -0.4 is 4.90 Å². The number of aromatic nitrogens is 4. The van der Waals surface area contributed by atoms with Gasteiger partial charge in [-0.2, -0.15) is 0 Å². The fourth-order valence-electron chi connectivity index (χ4n) is 4.34. The van der Waals surface area contributed by atoms with Crippen molar-refractivity contribution in [3.05, 3.63) is 36.3 Å². The molecule has 2 fully saturated rings. The van der Waals surface area contributed by atoms with Crippen LogP contribution in [-0.2, 0) is 11.2 Å². The predicted molar refractivity (Wildman–Crippen MR) is 98.8 cm³/mol. The number of nitrogens with one attached hydrogen (secondary N) is 1. The summed E-state index contributed by atoms with van der Waals surface area (Å²) in [5.74, 6) is 2.10. The van der Waals surface area contributed by atoms with Gasteiger partial charge in [0.05, 0.1) is 6.33 Å². The summed E-state index contributed by atoms with van der Waals surface area (Å²) < 4.78 is 0.